The van der Waals surface area contributed by atoms with E-state index < -0.39 is 14.0 Å². The molecule has 1 saturated heterocycles. The van der Waals surface area contributed by atoms with Crippen LogP contribution in [0.25, 0.3) is 0 Å². The second kappa shape index (κ2) is 4.01. The average molecular weight is 196 g/mol. The summed E-state index contributed by atoms with van der Waals surface area (Å²) in [6.45, 7) is -4.56. The summed E-state index contributed by atoms with van der Waals surface area (Å²) < 4.78 is 45.2. The van der Waals surface area contributed by atoms with Crippen LogP contribution in [-0.4, -0.2) is 20.5 Å². The summed E-state index contributed by atoms with van der Waals surface area (Å²) in [6.07, 6.45) is 1.88. The second-order valence-electron chi connectivity index (χ2n) is 3.54. The average Bonchev–Trinajstić information content (AvgIpc) is 2.79. The molecule has 0 unspecified atom stereocenters. The maximum absolute atomic E-state index is 7.53. The van der Waals surface area contributed by atoms with Crippen molar-refractivity contribution >= 4 is 5.69 Å². The van der Waals surface area contributed by atoms with Gasteiger partial charge >= 0.3 is 0 Å². The molecular formula is C12H18N2. The molecule has 1 N–H and O–H groups in total. The van der Waals surface area contributed by atoms with Crippen molar-refractivity contribution in [2.24, 2.45) is 0 Å². The summed E-state index contributed by atoms with van der Waals surface area (Å²) in [5.41, 5.74) is 0.990. The van der Waals surface area contributed by atoms with Gasteiger partial charge in [0.1, 0.15) is 0 Å². The number of rotatable bonds is 2. The zero-order chi connectivity index (χ0) is 15.0. The summed E-state index contributed by atoms with van der Waals surface area (Å²) in [5.74, 6) is 0. The third kappa shape index (κ3) is 1.75. The van der Waals surface area contributed by atoms with Crippen LogP contribution in [0.4, 0.5) is 5.69 Å². The molecule has 1 aromatic rings. The molecule has 0 bridgehead atoms. The monoisotopic (exact) mass is 196 g/mol. The fourth-order valence-corrected chi connectivity index (χ4v) is 1.94. The predicted octanol–water partition coefficient (Wildman–Crippen LogP) is 2.18. The molecule has 1 aliphatic rings. The Kier molecular flexibility index (Phi) is 1.34. The molecular weight excluding hydrogens is 172 g/mol. The van der Waals surface area contributed by atoms with Crippen molar-refractivity contribution < 1.29 is 8.22 Å². The van der Waals surface area contributed by atoms with Crippen molar-refractivity contribution in [3.63, 3.8) is 0 Å². The summed E-state index contributed by atoms with van der Waals surface area (Å²) in [6, 6.07) is 6.84. The maximum atomic E-state index is 7.53. The maximum Gasteiger partial charge on any atom is 0.0456 e. The SMILES string of the molecule is [2H]C([2H])([2H])N(c1ccccc1[C@@H]1CCCN1)C([2H])([2H])[2H]. The van der Waals surface area contributed by atoms with Crippen molar-refractivity contribution in [3.05, 3.63) is 29.8 Å². The smallest absolute Gasteiger partial charge is 0.0456 e. The second-order valence-corrected chi connectivity index (χ2v) is 3.54. The third-order valence-corrected chi connectivity index (χ3v) is 2.61. The van der Waals surface area contributed by atoms with Gasteiger partial charge in [-0.05, 0) is 31.0 Å². The van der Waals surface area contributed by atoms with Crippen LogP contribution in [0.1, 0.15) is 32.7 Å². The first-order valence-electron chi connectivity index (χ1n) is 7.84. The Balaban J connectivity index is 2.48. The van der Waals surface area contributed by atoms with Gasteiger partial charge in [0.25, 0.3) is 0 Å². The number of hydrogen-bond donors (Lipinski definition) is 1. The zero-order valence-corrected chi connectivity index (χ0v) is 7.96. The highest BCUT2D eigenvalue weighted by molar-refractivity contribution is 5.54. The van der Waals surface area contributed by atoms with Gasteiger partial charge in [-0.1, -0.05) is 18.2 Å². The highest BCUT2D eigenvalue weighted by Crippen LogP contribution is 2.30. The highest BCUT2D eigenvalue weighted by atomic mass is 15.1. The topological polar surface area (TPSA) is 15.3 Å². The molecule has 0 aromatic heterocycles. The number of benzene rings is 1. The minimum atomic E-state index is -2.71. The number of nitrogens with zero attached hydrogens (tertiary/aromatic N) is 1. The molecule has 1 atom stereocenters. The van der Waals surface area contributed by atoms with Crippen LogP contribution in [-0.2, 0) is 0 Å². The van der Waals surface area contributed by atoms with E-state index in [4.69, 9.17) is 8.22 Å². The summed E-state index contributed by atoms with van der Waals surface area (Å²) in [5, 5.41) is 3.28. The van der Waals surface area contributed by atoms with Crippen molar-refractivity contribution in [3.8, 4) is 0 Å². The van der Waals surface area contributed by atoms with Crippen LogP contribution in [0.3, 0.4) is 0 Å². The standard InChI is InChI=1S/C12H18N2/c1-14(2)12-8-4-3-6-10(12)11-7-5-9-13-11/h3-4,6,8,11,13H,5,7,9H2,1-2H3/t11-/m0/s1/i1D3,2D3. The van der Waals surface area contributed by atoms with Gasteiger partial charge in [0.15, 0.2) is 0 Å². The van der Waals surface area contributed by atoms with Crippen molar-refractivity contribution in [1.82, 2.24) is 5.32 Å². The van der Waals surface area contributed by atoms with Crippen LogP contribution in [0.5, 0.6) is 0 Å². The van der Waals surface area contributed by atoms with Crippen LogP contribution in [0, 0.1) is 0 Å². The Hall–Kier alpha value is -1.02. The Bertz CT molecular complexity index is 448. The highest BCUT2D eigenvalue weighted by Gasteiger charge is 2.19. The Labute approximate surface area is 94.4 Å². The van der Waals surface area contributed by atoms with Gasteiger partial charge in [0.2, 0.25) is 0 Å². The summed E-state index contributed by atoms with van der Waals surface area (Å²) in [7, 11) is 0. The van der Waals surface area contributed by atoms with Crippen LogP contribution < -0.4 is 10.2 Å². The minimum Gasteiger partial charge on any atom is -0.377 e. The molecule has 1 fully saturated rings. The van der Waals surface area contributed by atoms with Gasteiger partial charge in [-0.25, -0.2) is 0 Å². The molecule has 0 aliphatic carbocycles. The van der Waals surface area contributed by atoms with Crippen LogP contribution >= 0.6 is 0 Å². The Morgan fingerprint density at radius 3 is 3.00 bits per heavy atom. The predicted molar refractivity (Wildman–Crippen MR) is 60.7 cm³/mol. The van der Waals surface area contributed by atoms with Gasteiger partial charge in [0.05, 0.1) is 0 Å². The Morgan fingerprint density at radius 1 is 1.43 bits per heavy atom. The molecule has 2 nitrogen and oxygen atoms in total. The first-order chi connectivity index (χ1) is 9.21. The molecule has 1 aromatic carbocycles. The fraction of sp³-hybridized carbons (Fsp3) is 0.500. The van der Waals surface area contributed by atoms with E-state index in [9.17, 15) is 0 Å². The molecule has 1 aliphatic heterocycles. The van der Waals surface area contributed by atoms with Crippen molar-refractivity contribution in [2.75, 3.05) is 25.4 Å². The van der Waals surface area contributed by atoms with E-state index in [2.05, 4.69) is 5.32 Å². The minimum absolute atomic E-state index is 0.0124. The summed E-state index contributed by atoms with van der Waals surface area (Å²) in [4.78, 5) is 0.565. The summed E-state index contributed by atoms with van der Waals surface area (Å²) >= 11 is 0. The van der Waals surface area contributed by atoms with Crippen LogP contribution in [0.15, 0.2) is 24.3 Å². The van der Waals surface area contributed by atoms with Crippen molar-refractivity contribution in [1.29, 1.82) is 0 Å². The van der Waals surface area contributed by atoms with Gasteiger partial charge in [-0.15, -0.1) is 0 Å². The van der Waals surface area contributed by atoms with E-state index in [1.807, 2.05) is 0 Å². The first kappa shape index (κ1) is 4.67. The number of nitrogens with one attached hydrogen (secondary N) is 1. The first-order valence-corrected chi connectivity index (χ1v) is 4.84. The van der Waals surface area contributed by atoms with E-state index in [0.29, 0.717) is 4.90 Å². The lowest BCUT2D eigenvalue weighted by molar-refractivity contribution is 0.647. The molecule has 1 heterocycles. The van der Waals surface area contributed by atoms with Gasteiger partial charge in [0, 0.05) is 33.9 Å². The zero-order valence-electron chi connectivity index (χ0n) is 14.0. The number of hydrogen-bond acceptors (Lipinski definition) is 2. The molecule has 0 amide bonds. The fourth-order valence-electron chi connectivity index (χ4n) is 1.94. The van der Waals surface area contributed by atoms with Gasteiger partial charge in [-0.3, -0.25) is 0 Å². The third-order valence-electron chi connectivity index (χ3n) is 2.61. The molecule has 0 spiro atoms. The van der Waals surface area contributed by atoms with E-state index in [1.165, 1.54) is 0 Å². The van der Waals surface area contributed by atoms with E-state index in [0.717, 1.165) is 24.9 Å². The molecule has 2 heteroatoms. The molecule has 0 radical (unpaired) electrons. The van der Waals surface area contributed by atoms with Gasteiger partial charge < -0.3 is 10.2 Å². The molecule has 0 saturated carbocycles. The van der Waals surface area contributed by atoms with E-state index in [1.54, 1.807) is 24.3 Å². The number of para-hydroxylation sites is 1. The Morgan fingerprint density at radius 2 is 2.29 bits per heavy atom. The van der Waals surface area contributed by atoms with E-state index in [-0.39, 0.29) is 11.7 Å². The lowest BCUT2D eigenvalue weighted by atomic mass is 10.0. The lowest BCUT2D eigenvalue weighted by Gasteiger charge is -2.21. The number of anilines is 1. The molecule has 76 valence electrons. The largest absolute Gasteiger partial charge is 0.377 e. The quantitative estimate of drug-likeness (QED) is 0.780. The van der Waals surface area contributed by atoms with Crippen molar-refractivity contribution in [2.45, 2.75) is 18.9 Å². The van der Waals surface area contributed by atoms with Crippen LogP contribution in [0.2, 0.25) is 0 Å². The molecule has 2 rings (SSSR count). The lowest BCUT2D eigenvalue weighted by Crippen LogP contribution is -2.18. The molecule has 14 heavy (non-hydrogen) atoms. The normalized spacial score (nSPS) is 29.3. The van der Waals surface area contributed by atoms with Gasteiger partial charge in [-0.2, -0.15) is 0 Å². The van der Waals surface area contributed by atoms with E-state index >= 15 is 0 Å².